The van der Waals surface area contributed by atoms with E-state index in [0.29, 0.717) is 12.5 Å². The number of hydrogen-bond donors (Lipinski definition) is 1. The van der Waals surface area contributed by atoms with Gasteiger partial charge in [0.15, 0.2) is 0 Å². The lowest BCUT2D eigenvalue weighted by molar-refractivity contribution is 0.0897. The lowest BCUT2D eigenvalue weighted by atomic mass is 9.86. The number of ether oxygens (including phenoxy) is 1. The molecule has 1 aliphatic rings. The third-order valence-corrected chi connectivity index (χ3v) is 3.80. The molecule has 19 heavy (non-hydrogen) atoms. The lowest BCUT2D eigenvalue weighted by Crippen LogP contribution is -2.37. The molecule has 0 radical (unpaired) electrons. The van der Waals surface area contributed by atoms with Gasteiger partial charge < -0.3 is 15.0 Å². The second-order valence-corrected chi connectivity index (χ2v) is 5.48. The van der Waals surface area contributed by atoms with Crippen molar-refractivity contribution >= 4 is 0 Å². The van der Waals surface area contributed by atoms with Crippen LogP contribution < -0.4 is 16.0 Å². The molecule has 5 heteroatoms. The summed E-state index contributed by atoms with van der Waals surface area (Å²) in [5.74, 6) is 0.546. The van der Waals surface area contributed by atoms with E-state index < -0.39 is 0 Å². The van der Waals surface area contributed by atoms with E-state index in [1.54, 1.807) is 17.0 Å². The maximum atomic E-state index is 12.2. The van der Waals surface area contributed by atoms with Gasteiger partial charge in [0, 0.05) is 24.4 Å². The first-order valence-electron chi connectivity index (χ1n) is 7.07. The summed E-state index contributed by atoms with van der Waals surface area (Å²) in [6, 6.07) is 0.106. The van der Waals surface area contributed by atoms with Crippen LogP contribution in [-0.2, 0) is 0 Å². The van der Waals surface area contributed by atoms with Gasteiger partial charge in [-0.05, 0) is 39.7 Å². The number of nitrogens with two attached hydrogens (primary N) is 1. The molecule has 1 saturated carbocycles. The Kier molecular flexibility index (Phi) is 4.58. The Balaban J connectivity index is 2.18. The monoisotopic (exact) mass is 265 g/mol. The largest absolute Gasteiger partial charge is 0.470 e. The summed E-state index contributed by atoms with van der Waals surface area (Å²) in [6.07, 6.45) is 7.71. The van der Waals surface area contributed by atoms with Gasteiger partial charge in [-0.1, -0.05) is 6.42 Å². The fraction of sp³-hybridized carbons (Fsp3) is 0.714. The molecule has 1 aromatic heterocycles. The van der Waals surface area contributed by atoms with Gasteiger partial charge >= 0.3 is 5.56 Å². The molecule has 1 aliphatic carbocycles. The first-order chi connectivity index (χ1) is 9.13. The van der Waals surface area contributed by atoms with Crippen LogP contribution in [-0.4, -0.2) is 22.2 Å². The van der Waals surface area contributed by atoms with E-state index in [1.165, 1.54) is 6.42 Å². The highest BCUT2D eigenvalue weighted by Gasteiger charge is 2.27. The molecule has 0 aromatic carbocycles. The fourth-order valence-corrected chi connectivity index (χ4v) is 2.64. The van der Waals surface area contributed by atoms with Gasteiger partial charge in [-0.25, -0.2) is 4.98 Å². The number of hydrogen-bond acceptors (Lipinski definition) is 4. The van der Waals surface area contributed by atoms with E-state index in [9.17, 15) is 4.79 Å². The van der Waals surface area contributed by atoms with Crippen molar-refractivity contribution in [2.24, 2.45) is 11.7 Å². The van der Waals surface area contributed by atoms with Gasteiger partial charge in [0.25, 0.3) is 5.88 Å². The molecule has 0 amide bonds. The molecule has 1 heterocycles. The summed E-state index contributed by atoms with van der Waals surface area (Å²) in [7, 11) is 0. The van der Waals surface area contributed by atoms with Crippen LogP contribution in [0.15, 0.2) is 17.2 Å². The molecule has 2 rings (SSSR count). The smallest absolute Gasteiger partial charge is 0.313 e. The Hall–Kier alpha value is -1.36. The predicted octanol–water partition coefficient (Wildman–Crippen LogP) is 1.72. The quantitative estimate of drug-likeness (QED) is 0.900. The number of rotatable bonds is 4. The molecule has 5 nitrogen and oxygen atoms in total. The average molecular weight is 265 g/mol. The Labute approximate surface area is 113 Å². The van der Waals surface area contributed by atoms with Crippen LogP contribution in [0.5, 0.6) is 5.88 Å². The second-order valence-electron chi connectivity index (χ2n) is 5.48. The molecule has 0 saturated heterocycles. The first kappa shape index (κ1) is 14.1. The van der Waals surface area contributed by atoms with E-state index >= 15 is 0 Å². The van der Waals surface area contributed by atoms with Crippen molar-refractivity contribution in [2.45, 2.75) is 51.7 Å². The summed E-state index contributed by atoms with van der Waals surface area (Å²) in [5.41, 5.74) is 5.63. The van der Waals surface area contributed by atoms with Crippen molar-refractivity contribution < 1.29 is 4.74 Å². The second kappa shape index (κ2) is 6.19. The molecule has 0 spiro atoms. The molecular formula is C14H23N3O2. The summed E-state index contributed by atoms with van der Waals surface area (Å²) >= 11 is 0. The molecular weight excluding hydrogens is 242 g/mol. The molecule has 0 bridgehead atoms. The minimum absolute atomic E-state index is 0.0296. The van der Waals surface area contributed by atoms with E-state index in [2.05, 4.69) is 4.98 Å². The topological polar surface area (TPSA) is 70.1 Å². The van der Waals surface area contributed by atoms with E-state index in [-0.39, 0.29) is 23.6 Å². The lowest BCUT2D eigenvalue weighted by Gasteiger charge is -2.30. The third kappa shape index (κ3) is 3.15. The maximum Gasteiger partial charge on any atom is 0.313 e. The summed E-state index contributed by atoms with van der Waals surface area (Å²) in [6.45, 7) is 4.54. The zero-order valence-corrected chi connectivity index (χ0v) is 11.7. The fourth-order valence-electron chi connectivity index (χ4n) is 2.64. The van der Waals surface area contributed by atoms with Crippen LogP contribution in [0.1, 0.15) is 45.6 Å². The first-order valence-corrected chi connectivity index (χ1v) is 7.07. The van der Waals surface area contributed by atoms with Gasteiger partial charge in [0.05, 0.1) is 0 Å². The van der Waals surface area contributed by atoms with Gasteiger partial charge in [-0.3, -0.25) is 4.79 Å². The number of nitrogens with zero attached hydrogens (tertiary/aromatic N) is 2. The summed E-state index contributed by atoms with van der Waals surface area (Å²) < 4.78 is 7.50. The Morgan fingerprint density at radius 1 is 1.47 bits per heavy atom. The van der Waals surface area contributed by atoms with Crippen molar-refractivity contribution in [1.82, 2.24) is 9.55 Å². The molecule has 0 aliphatic heterocycles. The van der Waals surface area contributed by atoms with Gasteiger partial charge in [0.2, 0.25) is 0 Å². The van der Waals surface area contributed by atoms with Crippen LogP contribution >= 0.6 is 0 Å². The minimum atomic E-state index is -0.154. The highest BCUT2D eigenvalue weighted by molar-refractivity contribution is 5.06. The minimum Gasteiger partial charge on any atom is -0.470 e. The molecule has 2 atom stereocenters. The molecule has 1 fully saturated rings. The summed E-state index contributed by atoms with van der Waals surface area (Å²) in [4.78, 5) is 16.3. The zero-order valence-electron chi connectivity index (χ0n) is 11.7. The predicted molar refractivity (Wildman–Crippen MR) is 74.3 cm³/mol. The average Bonchev–Trinajstić information content (AvgIpc) is 2.41. The molecule has 2 N–H and O–H groups in total. The maximum absolute atomic E-state index is 12.2. The van der Waals surface area contributed by atoms with E-state index in [0.717, 1.165) is 19.3 Å². The normalized spacial score (nSPS) is 23.6. The van der Waals surface area contributed by atoms with Crippen LogP contribution in [0, 0.1) is 5.92 Å². The van der Waals surface area contributed by atoms with E-state index in [1.807, 2.05) is 13.8 Å². The zero-order chi connectivity index (χ0) is 13.8. The Morgan fingerprint density at radius 3 is 2.89 bits per heavy atom. The standard InChI is InChI=1S/C14H23N3O2/c1-10(2)17-8-7-16-13(14(17)18)19-12-6-4-3-5-11(12)9-15/h7-8,10-12H,3-6,9,15H2,1-2H3. The van der Waals surface area contributed by atoms with Crippen molar-refractivity contribution in [3.8, 4) is 5.88 Å². The van der Waals surface area contributed by atoms with Crippen molar-refractivity contribution in [3.05, 3.63) is 22.7 Å². The Bertz CT molecular complexity index is 470. The highest BCUT2D eigenvalue weighted by Crippen LogP contribution is 2.26. The third-order valence-electron chi connectivity index (χ3n) is 3.80. The molecule has 106 valence electrons. The van der Waals surface area contributed by atoms with Crippen LogP contribution in [0.4, 0.5) is 0 Å². The van der Waals surface area contributed by atoms with Crippen LogP contribution in [0.2, 0.25) is 0 Å². The molecule has 1 aromatic rings. The van der Waals surface area contributed by atoms with Crippen molar-refractivity contribution in [3.63, 3.8) is 0 Å². The van der Waals surface area contributed by atoms with Crippen LogP contribution in [0.25, 0.3) is 0 Å². The summed E-state index contributed by atoms with van der Waals surface area (Å²) in [5, 5.41) is 0. The van der Waals surface area contributed by atoms with E-state index in [4.69, 9.17) is 10.5 Å². The van der Waals surface area contributed by atoms with Gasteiger partial charge in [-0.15, -0.1) is 0 Å². The number of aromatic nitrogens is 2. The van der Waals surface area contributed by atoms with Crippen LogP contribution in [0.3, 0.4) is 0 Å². The van der Waals surface area contributed by atoms with Gasteiger partial charge in [-0.2, -0.15) is 0 Å². The van der Waals surface area contributed by atoms with Crippen molar-refractivity contribution in [2.75, 3.05) is 6.54 Å². The van der Waals surface area contributed by atoms with Crippen molar-refractivity contribution in [1.29, 1.82) is 0 Å². The highest BCUT2D eigenvalue weighted by atomic mass is 16.5. The molecule has 2 unspecified atom stereocenters. The SMILES string of the molecule is CC(C)n1ccnc(OC2CCCCC2CN)c1=O. The Morgan fingerprint density at radius 2 is 2.21 bits per heavy atom. The van der Waals surface area contributed by atoms with Gasteiger partial charge in [0.1, 0.15) is 6.10 Å².